The molecule has 132 valence electrons. The van der Waals surface area contributed by atoms with Crippen LogP contribution in [0.5, 0.6) is 0 Å². The van der Waals surface area contributed by atoms with Crippen LogP contribution in [0.25, 0.3) is 22.2 Å². The summed E-state index contributed by atoms with van der Waals surface area (Å²) in [6, 6.07) is 38.3. The van der Waals surface area contributed by atoms with E-state index >= 15 is 0 Å². The van der Waals surface area contributed by atoms with Crippen molar-refractivity contribution >= 4 is 34.1 Å². The third kappa shape index (κ3) is 2.80. The van der Waals surface area contributed by atoms with Crippen molar-refractivity contribution in [2.45, 2.75) is 0 Å². The number of benzene rings is 4. The zero-order chi connectivity index (χ0) is 18.9. The highest BCUT2D eigenvalue weighted by molar-refractivity contribution is 7.25. The standard InChI is InChI=1S/C26H18BCl/c28-27-24-18-10-9-16-22(24)21-15-7-8-17-23(21)25(19-11-3-1-4-12-19)26(27)20-13-5-2-6-14-20/h1-18H. The highest BCUT2D eigenvalue weighted by atomic mass is 35.5. The first-order valence-corrected chi connectivity index (χ1v) is 9.96. The lowest BCUT2D eigenvalue weighted by atomic mass is 9.57. The topological polar surface area (TPSA) is 0 Å². The van der Waals surface area contributed by atoms with E-state index in [0.717, 1.165) is 16.5 Å². The maximum atomic E-state index is 7.23. The molecule has 0 saturated carbocycles. The van der Waals surface area contributed by atoms with E-state index in [-0.39, 0.29) is 6.13 Å². The van der Waals surface area contributed by atoms with Gasteiger partial charge in [0.05, 0.1) is 0 Å². The molecule has 0 amide bonds. The zero-order valence-electron chi connectivity index (χ0n) is 15.3. The molecule has 0 fully saturated rings. The van der Waals surface area contributed by atoms with Crippen LogP contribution in [-0.4, -0.2) is 6.13 Å². The van der Waals surface area contributed by atoms with E-state index in [0.29, 0.717) is 0 Å². The molecule has 1 aliphatic heterocycles. The molecule has 0 spiro atoms. The lowest BCUT2D eigenvalue weighted by Gasteiger charge is -2.18. The van der Waals surface area contributed by atoms with Gasteiger partial charge >= 0.3 is 6.13 Å². The smallest absolute Gasteiger partial charge is 0.182 e. The Labute approximate surface area is 171 Å². The van der Waals surface area contributed by atoms with E-state index in [1.165, 1.54) is 27.8 Å². The highest BCUT2D eigenvalue weighted by Gasteiger charge is 2.31. The minimum Gasteiger partial charge on any atom is -0.182 e. The van der Waals surface area contributed by atoms with Crippen molar-refractivity contribution < 1.29 is 0 Å². The van der Waals surface area contributed by atoms with Crippen LogP contribution in [0.3, 0.4) is 0 Å². The third-order valence-corrected chi connectivity index (χ3v) is 5.84. The van der Waals surface area contributed by atoms with Crippen molar-refractivity contribution in [2.75, 3.05) is 0 Å². The Morgan fingerprint density at radius 2 is 0.964 bits per heavy atom. The van der Waals surface area contributed by atoms with Gasteiger partial charge in [-0.2, -0.15) is 11.5 Å². The first kappa shape index (κ1) is 17.1. The molecule has 5 rings (SSSR count). The molecule has 0 radical (unpaired) electrons. The van der Waals surface area contributed by atoms with Crippen LogP contribution in [0.1, 0.15) is 16.7 Å². The molecule has 0 aromatic heterocycles. The third-order valence-electron chi connectivity index (χ3n) is 5.39. The van der Waals surface area contributed by atoms with E-state index in [1.54, 1.807) is 0 Å². The van der Waals surface area contributed by atoms with Crippen LogP contribution < -0.4 is 5.46 Å². The van der Waals surface area contributed by atoms with Crippen LogP contribution in [0.4, 0.5) is 0 Å². The second kappa shape index (κ2) is 7.18. The number of hydrogen-bond acceptors (Lipinski definition) is 0. The predicted molar refractivity (Wildman–Crippen MR) is 122 cm³/mol. The lowest BCUT2D eigenvalue weighted by Crippen LogP contribution is -2.27. The Hall–Kier alpha value is -3.03. The first-order chi connectivity index (χ1) is 13.8. The van der Waals surface area contributed by atoms with Gasteiger partial charge in [0, 0.05) is 0 Å². The monoisotopic (exact) mass is 376 g/mol. The first-order valence-electron chi connectivity index (χ1n) is 9.52. The fourth-order valence-corrected chi connectivity index (χ4v) is 4.58. The minimum atomic E-state index is -0.235. The lowest BCUT2D eigenvalue weighted by molar-refractivity contribution is 1.54. The largest absolute Gasteiger partial charge is 0.317 e. The van der Waals surface area contributed by atoms with Crippen molar-refractivity contribution in [3.05, 3.63) is 126 Å². The van der Waals surface area contributed by atoms with E-state index in [4.69, 9.17) is 11.5 Å². The Balaban J connectivity index is 1.94. The molecule has 0 aliphatic carbocycles. The minimum absolute atomic E-state index is 0.235. The quantitative estimate of drug-likeness (QED) is 0.360. The Kier molecular flexibility index (Phi) is 4.39. The van der Waals surface area contributed by atoms with Gasteiger partial charge in [0.1, 0.15) is 0 Å². The average molecular weight is 377 g/mol. The van der Waals surface area contributed by atoms with E-state index in [2.05, 4.69) is 103 Å². The number of fused-ring (bicyclic) bond motifs is 3. The summed E-state index contributed by atoms with van der Waals surface area (Å²) in [5, 5.41) is 0. The fraction of sp³-hybridized carbons (Fsp3) is 0. The Morgan fingerprint density at radius 3 is 1.64 bits per heavy atom. The fourth-order valence-electron chi connectivity index (χ4n) is 4.15. The second-order valence-corrected chi connectivity index (χ2v) is 7.45. The van der Waals surface area contributed by atoms with Gasteiger partial charge in [0.2, 0.25) is 0 Å². The van der Waals surface area contributed by atoms with Gasteiger partial charge in [-0.15, -0.1) is 0 Å². The zero-order valence-corrected chi connectivity index (χ0v) is 16.1. The number of rotatable bonds is 2. The molecule has 2 heteroatoms. The molecule has 0 unspecified atom stereocenters. The van der Waals surface area contributed by atoms with Gasteiger partial charge in [0.15, 0.2) is 0 Å². The van der Waals surface area contributed by atoms with Gasteiger partial charge in [-0.3, -0.25) is 0 Å². The van der Waals surface area contributed by atoms with Crippen molar-refractivity contribution in [1.29, 1.82) is 0 Å². The van der Waals surface area contributed by atoms with Crippen LogP contribution in [0.2, 0.25) is 0 Å². The summed E-state index contributed by atoms with van der Waals surface area (Å²) in [5.74, 6) is 0. The summed E-state index contributed by atoms with van der Waals surface area (Å²) in [6.45, 7) is 0. The van der Waals surface area contributed by atoms with Gasteiger partial charge in [-0.1, -0.05) is 109 Å². The maximum absolute atomic E-state index is 7.23. The van der Waals surface area contributed by atoms with E-state index < -0.39 is 0 Å². The van der Waals surface area contributed by atoms with E-state index in [9.17, 15) is 0 Å². The summed E-state index contributed by atoms with van der Waals surface area (Å²) in [7, 11) is 0. The van der Waals surface area contributed by atoms with Crippen molar-refractivity contribution in [3.63, 3.8) is 0 Å². The van der Waals surface area contributed by atoms with Crippen molar-refractivity contribution in [1.82, 2.24) is 0 Å². The molecular weight excluding hydrogens is 359 g/mol. The molecule has 4 aromatic carbocycles. The molecule has 1 heterocycles. The molecule has 0 bridgehead atoms. The SMILES string of the molecule is ClB1C(c2ccccc2)=C(c2ccccc2)c2ccccc2-c2ccccc21. The molecule has 28 heavy (non-hydrogen) atoms. The Bertz CT molecular complexity index is 1160. The summed E-state index contributed by atoms with van der Waals surface area (Å²) >= 11 is 7.23. The molecule has 1 aliphatic rings. The van der Waals surface area contributed by atoms with Gasteiger partial charge < -0.3 is 0 Å². The molecule has 0 nitrogen and oxygen atoms in total. The molecule has 0 saturated heterocycles. The Morgan fingerprint density at radius 1 is 0.464 bits per heavy atom. The van der Waals surface area contributed by atoms with Crippen LogP contribution in [0.15, 0.2) is 109 Å². The average Bonchev–Trinajstić information content (AvgIpc) is 2.88. The highest BCUT2D eigenvalue weighted by Crippen LogP contribution is 2.41. The van der Waals surface area contributed by atoms with Crippen LogP contribution in [0, 0.1) is 0 Å². The van der Waals surface area contributed by atoms with Gasteiger partial charge in [0.25, 0.3) is 0 Å². The summed E-state index contributed by atoms with van der Waals surface area (Å²) < 4.78 is 0. The maximum Gasteiger partial charge on any atom is 0.317 e. The van der Waals surface area contributed by atoms with Crippen molar-refractivity contribution in [3.8, 4) is 11.1 Å². The van der Waals surface area contributed by atoms with Crippen LogP contribution in [-0.2, 0) is 0 Å². The summed E-state index contributed by atoms with van der Waals surface area (Å²) in [4.78, 5) is 0. The molecule has 0 N–H and O–H groups in total. The van der Waals surface area contributed by atoms with E-state index in [1.807, 2.05) is 6.07 Å². The predicted octanol–water partition coefficient (Wildman–Crippen LogP) is 6.30. The molecule has 0 atom stereocenters. The summed E-state index contributed by atoms with van der Waals surface area (Å²) in [6.07, 6.45) is -0.235. The van der Waals surface area contributed by atoms with Gasteiger partial charge in [-0.25, -0.2) is 0 Å². The molecular formula is C26H18BCl. The number of halogens is 1. The second-order valence-electron chi connectivity index (χ2n) is 7.02. The summed E-state index contributed by atoms with van der Waals surface area (Å²) in [5.41, 5.74) is 9.53. The number of hydrogen-bond donors (Lipinski definition) is 0. The van der Waals surface area contributed by atoms with Gasteiger partial charge in [-0.05, 0) is 44.3 Å². The van der Waals surface area contributed by atoms with Crippen LogP contribution >= 0.6 is 11.5 Å². The normalized spacial score (nSPS) is 13.0. The van der Waals surface area contributed by atoms with Crippen molar-refractivity contribution in [2.24, 2.45) is 0 Å². The molecule has 4 aromatic rings.